The van der Waals surface area contributed by atoms with Crippen LogP contribution in [0.25, 0.3) is 0 Å². The van der Waals surface area contributed by atoms with Gasteiger partial charge in [-0.15, -0.1) is 0 Å². The van der Waals surface area contributed by atoms with Crippen molar-refractivity contribution >= 4 is 17.7 Å². The number of benzene rings is 1. The molecule has 6 nitrogen and oxygen atoms in total. The number of carboxylic acids is 1. The van der Waals surface area contributed by atoms with Gasteiger partial charge in [0.05, 0.1) is 13.0 Å². The zero-order chi connectivity index (χ0) is 13.5. The molecule has 0 unspecified atom stereocenters. The number of ketones is 1. The lowest BCUT2D eigenvalue weighted by Crippen LogP contribution is -2.42. The number of nitrogens with two attached hydrogens (primary N) is 1. The number of hydrogen-bond acceptors (Lipinski definition) is 4. The number of Topliss-reactive ketones (excluding diaryl/α,β-unsaturated/α-hetero) is 1. The summed E-state index contributed by atoms with van der Waals surface area (Å²) in [4.78, 5) is 33.2. The van der Waals surface area contributed by atoms with Crippen molar-refractivity contribution in [2.75, 3.05) is 6.54 Å². The SMILES string of the molecule is NC(=O)C[C@H](NCC(=O)c1ccccc1)C(=O)O. The Morgan fingerprint density at radius 1 is 1.22 bits per heavy atom. The first-order valence-electron chi connectivity index (χ1n) is 5.33. The molecule has 1 aromatic rings. The normalized spacial score (nSPS) is 11.8. The van der Waals surface area contributed by atoms with Crippen LogP contribution >= 0.6 is 0 Å². The van der Waals surface area contributed by atoms with Crippen molar-refractivity contribution in [3.8, 4) is 0 Å². The Hall–Kier alpha value is -2.21. The molecule has 1 aromatic carbocycles. The van der Waals surface area contributed by atoms with Crippen molar-refractivity contribution in [2.24, 2.45) is 5.73 Å². The molecule has 0 saturated heterocycles. The van der Waals surface area contributed by atoms with Crippen molar-refractivity contribution < 1.29 is 19.5 Å². The van der Waals surface area contributed by atoms with Crippen LogP contribution in [-0.2, 0) is 9.59 Å². The number of nitrogens with one attached hydrogen (secondary N) is 1. The minimum Gasteiger partial charge on any atom is -0.480 e. The molecular weight excluding hydrogens is 236 g/mol. The highest BCUT2D eigenvalue weighted by Crippen LogP contribution is 2.00. The summed E-state index contributed by atoms with van der Waals surface area (Å²) in [5.41, 5.74) is 5.40. The highest BCUT2D eigenvalue weighted by molar-refractivity contribution is 5.98. The third-order valence-electron chi connectivity index (χ3n) is 2.31. The number of amides is 1. The first-order valence-corrected chi connectivity index (χ1v) is 5.33. The summed E-state index contributed by atoms with van der Waals surface area (Å²) in [5.74, 6) is -2.19. The second-order valence-electron chi connectivity index (χ2n) is 3.73. The molecule has 6 heteroatoms. The molecule has 0 saturated carbocycles. The molecule has 1 amide bonds. The average Bonchev–Trinajstić information content (AvgIpc) is 2.34. The van der Waals surface area contributed by atoms with Crippen LogP contribution in [0.4, 0.5) is 0 Å². The third kappa shape index (κ3) is 4.34. The van der Waals surface area contributed by atoms with E-state index in [1.54, 1.807) is 30.3 Å². The number of primary amides is 1. The van der Waals surface area contributed by atoms with Crippen LogP contribution in [0.5, 0.6) is 0 Å². The summed E-state index contributed by atoms with van der Waals surface area (Å²) >= 11 is 0. The zero-order valence-electron chi connectivity index (χ0n) is 9.63. The minimum absolute atomic E-state index is 0.158. The van der Waals surface area contributed by atoms with E-state index in [0.717, 1.165) is 0 Å². The minimum atomic E-state index is -1.21. The van der Waals surface area contributed by atoms with Gasteiger partial charge in [-0.2, -0.15) is 0 Å². The van der Waals surface area contributed by atoms with Gasteiger partial charge in [0.2, 0.25) is 5.91 Å². The molecule has 96 valence electrons. The lowest BCUT2D eigenvalue weighted by molar-refractivity contribution is -0.141. The highest BCUT2D eigenvalue weighted by atomic mass is 16.4. The number of carbonyl (C=O) groups excluding carboxylic acids is 2. The van der Waals surface area contributed by atoms with Crippen molar-refractivity contribution in [3.05, 3.63) is 35.9 Å². The molecule has 0 fully saturated rings. The Kier molecular flexibility index (Phi) is 5.01. The standard InChI is InChI=1S/C12H14N2O4/c13-11(16)6-9(12(17)18)14-7-10(15)8-4-2-1-3-5-8/h1-5,9,14H,6-7H2,(H2,13,16)(H,17,18)/t9-/m0/s1. The fraction of sp³-hybridized carbons (Fsp3) is 0.250. The predicted octanol–water partition coefficient (Wildman–Crippen LogP) is -0.213. The number of carboxylic acid groups (broad SMARTS) is 1. The lowest BCUT2D eigenvalue weighted by atomic mass is 10.1. The first-order chi connectivity index (χ1) is 8.50. The molecule has 0 aliphatic rings. The van der Waals surface area contributed by atoms with Gasteiger partial charge in [0.25, 0.3) is 0 Å². The smallest absolute Gasteiger partial charge is 0.321 e. The second-order valence-corrected chi connectivity index (χ2v) is 3.73. The summed E-state index contributed by atoms with van der Waals surface area (Å²) in [6.45, 7) is -0.158. The van der Waals surface area contributed by atoms with E-state index >= 15 is 0 Å². The van der Waals surface area contributed by atoms with Crippen molar-refractivity contribution in [1.29, 1.82) is 0 Å². The fourth-order valence-corrected chi connectivity index (χ4v) is 1.39. The van der Waals surface area contributed by atoms with E-state index in [-0.39, 0.29) is 18.7 Å². The van der Waals surface area contributed by atoms with E-state index in [1.807, 2.05) is 0 Å². The van der Waals surface area contributed by atoms with Crippen LogP contribution in [0.2, 0.25) is 0 Å². The summed E-state index contributed by atoms with van der Waals surface area (Å²) < 4.78 is 0. The Morgan fingerprint density at radius 2 is 1.83 bits per heavy atom. The number of carbonyl (C=O) groups is 3. The van der Waals surface area contributed by atoms with Gasteiger partial charge < -0.3 is 10.8 Å². The molecule has 0 aliphatic carbocycles. The summed E-state index contributed by atoms with van der Waals surface area (Å²) in [6.07, 6.45) is -0.350. The first kappa shape index (κ1) is 13.9. The van der Waals surface area contributed by atoms with E-state index < -0.39 is 17.9 Å². The van der Waals surface area contributed by atoms with E-state index in [1.165, 1.54) is 0 Å². The maximum atomic E-state index is 11.7. The van der Waals surface area contributed by atoms with Crippen LogP contribution in [-0.4, -0.2) is 35.4 Å². The maximum Gasteiger partial charge on any atom is 0.321 e. The van der Waals surface area contributed by atoms with Gasteiger partial charge in [-0.05, 0) is 0 Å². The van der Waals surface area contributed by atoms with Gasteiger partial charge in [0, 0.05) is 5.56 Å². The highest BCUT2D eigenvalue weighted by Gasteiger charge is 2.20. The molecule has 0 aromatic heterocycles. The molecular formula is C12H14N2O4. The van der Waals surface area contributed by atoms with Gasteiger partial charge in [-0.1, -0.05) is 30.3 Å². The summed E-state index contributed by atoms with van der Waals surface area (Å²) in [6, 6.07) is 7.32. The second kappa shape index (κ2) is 6.51. The Labute approximate surface area is 104 Å². The maximum absolute atomic E-state index is 11.7. The molecule has 4 N–H and O–H groups in total. The number of rotatable bonds is 7. The van der Waals surface area contributed by atoms with Crippen LogP contribution in [0.15, 0.2) is 30.3 Å². The topological polar surface area (TPSA) is 109 Å². The number of hydrogen-bond donors (Lipinski definition) is 3. The van der Waals surface area contributed by atoms with Crippen LogP contribution < -0.4 is 11.1 Å². The fourth-order valence-electron chi connectivity index (χ4n) is 1.39. The van der Waals surface area contributed by atoms with E-state index in [0.29, 0.717) is 5.56 Å². The monoisotopic (exact) mass is 250 g/mol. The molecule has 0 bridgehead atoms. The van der Waals surface area contributed by atoms with Gasteiger partial charge in [-0.3, -0.25) is 19.7 Å². The molecule has 18 heavy (non-hydrogen) atoms. The van der Waals surface area contributed by atoms with E-state index in [2.05, 4.69) is 5.32 Å². The predicted molar refractivity (Wildman–Crippen MR) is 64.0 cm³/mol. The molecule has 1 rings (SSSR count). The van der Waals surface area contributed by atoms with E-state index in [9.17, 15) is 14.4 Å². The quantitative estimate of drug-likeness (QED) is 0.580. The zero-order valence-corrected chi connectivity index (χ0v) is 9.63. The Balaban J connectivity index is 2.55. The number of aliphatic carboxylic acids is 1. The molecule has 0 aliphatic heterocycles. The van der Waals surface area contributed by atoms with Crippen molar-refractivity contribution in [3.63, 3.8) is 0 Å². The van der Waals surface area contributed by atoms with Crippen LogP contribution in [0.3, 0.4) is 0 Å². The molecule has 0 spiro atoms. The largest absolute Gasteiger partial charge is 0.480 e. The Bertz CT molecular complexity index is 445. The Morgan fingerprint density at radius 3 is 2.33 bits per heavy atom. The van der Waals surface area contributed by atoms with Crippen molar-refractivity contribution in [1.82, 2.24) is 5.32 Å². The molecule has 0 heterocycles. The van der Waals surface area contributed by atoms with Crippen LogP contribution in [0, 0.1) is 0 Å². The van der Waals surface area contributed by atoms with Gasteiger partial charge in [0.1, 0.15) is 6.04 Å². The van der Waals surface area contributed by atoms with Gasteiger partial charge in [0.15, 0.2) is 5.78 Å². The van der Waals surface area contributed by atoms with Crippen LogP contribution in [0.1, 0.15) is 16.8 Å². The lowest BCUT2D eigenvalue weighted by Gasteiger charge is -2.11. The van der Waals surface area contributed by atoms with Crippen molar-refractivity contribution in [2.45, 2.75) is 12.5 Å². The summed E-state index contributed by atoms with van der Waals surface area (Å²) in [7, 11) is 0. The van der Waals surface area contributed by atoms with E-state index in [4.69, 9.17) is 10.8 Å². The molecule has 0 radical (unpaired) electrons. The third-order valence-corrected chi connectivity index (χ3v) is 2.31. The average molecular weight is 250 g/mol. The van der Waals surface area contributed by atoms with Gasteiger partial charge in [-0.25, -0.2) is 0 Å². The summed E-state index contributed by atoms with van der Waals surface area (Å²) in [5, 5.41) is 11.3. The molecule has 1 atom stereocenters. The van der Waals surface area contributed by atoms with Gasteiger partial charge >= 0.3 is 5.97 Å².